The third-order valence-electron chi connectivity index (χ3n) is 9.94. The molecule has 0 radical (unpaired) electrons. The average molecular weight is 699 g/mol. The van der Waals surface area contributed by atoms with Gasteiger partial charge in [-0.1, -0.05) is 103 Å². The number of hydrogen-bond acceptors (Lipinski definition) is 9. The highest BCUT2D eigenvalue weighted by molar-refractivity contribution is 5.16. The molecule has 3 aromatic carbocycles. The number of fused-ring (bicyclic) bond motifs is 1. The molecule has 3 heterocycles. The van der Waals surface area contributed by atoms with Gasteiger partial charge in [-0.25, -0.2) is 0 Å². The highest BCUT2D eigenvalue weighted by Gasteiger charge is 2.53. The average Bonchev–Trinajstić information content (AvgIpc) is 3.18. The van der Waals surface area contributed by atoms with Crippen LogP contribution in [-0.4, -0.2) is 74.6 Å². The summed E-state index contributed by atoms with van der Waals surface area (Å²) in [5.41, 5.74) is 3.14. The van der Waals surface area contributed by atoms with Crippen LogP contribution >= 0.6 is 0 Å². The van der Waals surface area contributed by atoms with Crippen molar-refractivity contribution in [2.75, 3.05) is 19.8 Å². The normalized spacial score (nSPS) is 30.0. The summed E-state index contributed by atoms with van der Waals surface area (Å²) < 4.78 is 59.2. The third-order valence-corrected chi connectivity index (χ3v) is 9.94. The summed E-state index contributed by atoms with van der Waals surface area (Å²) in [6.45, 7) is 6.00. The number of benzene rings is 3. The quantitative estimate of drug-likeness (QED) is 0.155. The molecule has 3 aromatic rings. The van der Waals surface area contributed by atoms with Crippen LogP contribution in [0.25, 0.3) is 0 Å². The Balaban J connectivity index is 1.17. The van der Waals surface area contributed by atoms with Crippen LogP contribution in [0.3, 0.4) is 0 Å². The minimum atomic E-state index is -0.852. The molecule has 0 amide bonds. The summed E-state index contributed by atoms with van der Waals surface area (Å²) in [6.07, 6.45) is 5.95. The van der Waals surface area contributed by atoms with Crippen LogP contribution in [0.1, 0.15) is 48.8 Å². The summed E-state index contributed by atoms with van der Waals surface area (Å²) in [5, 5.41) is 0. The van der Waals surface area contributed by atoms with Crippen LogP contribution in [-0.2, 0) is 62.5 Å². The van der Waals surface area contributed by atoms with Crippen LogP contribution in [0, 0.1) is 0 Å². The van der Waals surface area contributed by atoms with E-state index >= 15 is 0 Å². The Morgan fingerprint density at radius 3 is 2.00 bits per heavy atom. The lowest BCUT2D eigenvalue weighted by atomic mass is 9.91. The van der Waals surface area contributed by atoms with E-state index in [9.17, 15) is 0 Å². The van der Waals surface area contributed by atoms with Crippen molar-refractivity contribution in [2.24, 2.45) is 0 Å². The van der Waals surface area contributed by atoms with E-state index in [4.69, 9.17) is 42.6 Å². The summed E-state index contributed by atoms with van der Waals surface area (Å²) in [4.78, 5) is 0. The van der Waals surface area contributed by atoms with E-state index in [1.54, 1.807) is 12.3 Å². The lowest BCUT2D eigenvalue weighted by Gasteiger charge is -2.50. The largest absolute Gasteiger partial charge is 0.493 e. The maximum absolute atomic E-state index is 6.91. The van der Waals surface area contributed by atoms with Crippen LogP contribution in [0.2, 0.25) is 0 Å². The van der Waals surface area contributed by atoms with Crippen LogP contribution in [0.15, 0.2) is 116 Å². The number of rotatable bonds is 15. The fraction of sp³-hybridized carbons (Fsp3) is 0.476. The lowest BCUT2D eigenvalue weighted by molar-refractivity contribution is -0.370. The maximum Gasteiger partial charge on any atom is 0.187 e. The zero-order valence-corrected chi connectivity index (χ0v) is 29.2. The molecule has 0 aromatic heterocycles. The molecule has 272 valence electrons. The Morgan fingerprint density at radius 1 is 0.725 bits per heavy atom. The van der Waals surface area contributed by atoms with E-state index < -0.39 is 42.6 Å². The fourth-order valence-corrected chi connectivity index (χ4v) is 7.31. The number of hydrogen-bond donors (Lipinski definition) is 0. The molecule has 3 aliphatic heterocycles. The van der Waals surface area contributed by atoms with Crippen LogP contribution in [0.5, 0.6) is 0 Å². The first-order valence-electron chi connectivity index (χ1n) is 18.3. The molecule has 0 bridgehead atoms. The summed E-state index contributed by atoms with van der Waals surface area (Å²) in [7, 11) is 0. The molecular weight excluding hydrogens is 648 g/mol. The molecule has 1 saturated carbocycles. The molecule has 51 heavy (non-hydrogen) atoms. The predicted octanol–water partition coefficient (Wildman–Crippen LogP) is 7.04. The molecule has 1 spiro atoms. The van der Waals surface area contributed by atoms with Gasteiger partial charge in [-0.15, -0.1) is 6.58 Å². The number of ether oxygens (including phenoxy) is 9. The van der Waals surface area contributed by atoms with Crippen molar-refractivity contribution >= 4 is 0 Å². The van der Waals surface area contributed by atoms with Gasteiger partial charge in [0.05, 0.1) is 45.9 Å². The lowest BCUT2D eigenvalue weighted by Crippen LogP contribution is -2.64. The molecule has 7 rings (SSSR count). The SMILES string of the molecule is C=CCO[C@H]1[C@H](O[C@@H]2C=CO[C@@H]3COC4(CCCCC4)O[C@@H]23)O[C@H](COCc2ccccc2)[C@@H](OCc2ccccc2)[C@@H]1OCc1ccccc1. The molecule has 9 heteroatoms. The van der Waals surface area contributed by atoms with Crippen molar-refractivity contribution in [3.8, 4) is 0 Å². The summed E-state index contributed by atoms with van der Waals surface area (Å²) in [5.74, 6) is -0.618. The molecule has 8 atom stereocenters. The monoisotopic (exact) mass is 698 g/mol. The molecular formula is C42H50O9. The van der Waals surface area contributed by atoms with Gasteiger partial charge >= 0.3 is 0 Å². The van der Waals surface area contributed by atoms with E-state index in [-0.39, 0.29) is 25.4 Å². The summed E-state index contributed by atoms with van der Waals surface area (Å²) >= 11 is 0. The van der Waals surface area contributed by atoms with E-state index in [2.05, 4.69) is 6.58 Å². The molecule has 0 unspecified atom stereocenters. The molecule has 4 aliphatic rings. The highest BCUT2D eigenvalue weighted by atomic mass is 16.8. The van der Waals surface area contributed by atoms with Gasteiger partial charge in [0.1, 0.15) is 36.6 Å². The van der Waals surface area contributed by atoms with Gasteiger partial charge in [0.15, 0.2) is 18.2 Å². The van der Waals surface area contributed by atoms with Gasteiger partial charge in [0.2, 0.25) is 0 Å². The van der Waals surface area contributed by atoms with Gasteiger partial charge in [-0.2, -0.15) is 0 Å². The molecule has 9 nitrogen and oxygen atoms in total. The van der Waals surface area contributed by atoms with Crippen molar-refractivity contribution < 1.29 is 42.6 Å². The Hall–Kier alpha value is -3.38. The van der Waals surface area contributed by atoms with Crippen molar-refractivity contribution in [2.45, 2.75) is 107 Å². The fourth-order valence-electron chi connectivity index (χ4n) is 7.31. The molecule has 3 fully saturated rings. The predicted molar refractivity (Wildman–Crippen MR) is 190 cm³/mol. The van der Waals surface area contributed by atoms with E-state index in [0.29, 0.717) is 26.4 Å². The Labute approximate surface area is 301 Å². The van der Waals surface area contributed by atoms with E-state index in [1.807, 2.05) is 97.1 Å². The first kappa shape index (κ1) is 36.0. The zero-order valence-electron chi connectivity index (χ0n) is 29.2. The minimum absolute atomic E-state index is 0.247. The molecule has 1 aliphatic carbocycles. The second-order valence-corrected chi connectivity index (χ2v) is 13.6. The first-order chi connectivity index (χ1) is 25.2. The van der Waals surface area contributed by atoms with Gasteiger partial charge in [-0.05, 0) is 35.6 Å². The van der Waals surface area contributed by atoms with Crippen molar-refractivity contribution in [1.29, 1.82) is 0 Å². The minimum Gasteiger partial charge on any atom is -0.493 e. The smallest absolute Gasteiger partial charge is 0.187 e. The van der Waals surface area contributed by atoms with Crippen molar-refractivity contribution in [1.82, 2.24) is 0 Å². The molecule has 2 saturated heterocycles. The Kier molecular flexibility index (Phi) is 12.6. The Bertz CT molecular complexity index is 1500. The second kappa shape index (κ2) is 17.9. The second-order valence-electron chi connectivity index (χ2n) is 13.6. The highest BCUT2D eigenvalue weighted by Crippen LogP contribution is 2.41. The van der Waals surface area contributed by atoms with E-state index in [0.717, 1.165) is 42.4 Å². The van der Waals surface area contributed by atoms with Gasteiger partial charge < -0.3 is 42.6 Å². The summed E-state index contributed by atoms with van der Waals surface area (Å²) in [6, 6.07) is 30.3. The van der Waals surface area contributed by atoms with Gasteiger partial charge in [-0.3, -0.25) is 0 Å². The zero-order chi connectivity index (χ0) is 34.7. The van der Waals surface area contributed by atoms with Crippen molar-refractivity contribution in [3.05, 3.63) is 133 Å². The first-order valence-corrected chi connectivity index (χ1v) is 18.3. The third kappa shape index (κ3) is 9.35. The van der Waals surface area contributed by atoms with E-state index in [1.165, 1.54) is 6.42 Å². The van der Waals surface area contributed by atoms with Crippen LogP contribution in [0.4, 0.5) is 0 Å². The van der Waals surface area contributed by atoms with Gasteiger partial charge in [0, 0.05) is 12.8 Å². The van der Waals surface area contributed by atoms with Crippen LogP contribution < -0.4 is 0 Å². The standard InChI is InChI=1S/C42H50O9/c1-2-24-45-40-39(47-28-33-19-11-5-12-20-33)38(46-27-32-17-9-4-10-18-32)36(29-43-26-31-15-7-3-8-16-31)50-41(40)49-34-21-25-44-35-30-48-42(51-37(34)35)22-13-6-14-23-42/h2-5,7-12,15-21,25,34-41H,1,6,13-14,22-24,26-30H2/t34-,35-,36-,37+,38-,39+,40-,41-/m1/s1. The molecule has 0 N–H and O–H groups in total. The van der Waals surface area contributed by atoms with Crippen molar-refractivity contribution in [3.63, 3.8) is 0 Å². The van der Waals surface area contributed by atoms with Gasteiger partial charge in [0.25, 0.3) is 0 Å². The topological polar surface area (TPSA) is 83.1 Å². The maximum atomic E-state index is 6.91. The Morgan fingerprint density at radius 2 is 1.35 bits per heavy atom.